The number of pyridine rings is 1. The van der Waals surface area contributed by atoms with E-state index in [9.17, 15) is 0 Å². The van der Waals surface area contributed by atoms with Gasteiger partial charge in [0, 0.05) is 24.1 Å². The lowest BCUT2D eigenvalue weighted by Crippen LogP contribution is -2.11. The molecule has 0 bridgehead atoms. The van der Waals surface area contributed by atoms with Crippen molar-refractivity contribution in [2.75, 3.05) is 17.2 Å². The summed E-state index contributed by atoms with van der Waals surface area (Å²) in [5.41, 5.74) is 3.73. The minimum atomic E-state index is 0.878. The molecule has 0 radical (unpaired) electrons. The van der Waals surface area contributed by atoms with Crippen LogP contribution in [0.25, 0.3) is 0 Å². The van der Waals surface area contributed by atoms with Gasteiger partial charge in [0.1, 0.15) is 5.82 Å². The van der Waals surface area contributed by atoms with Crippen molar-refractivity contribution in [3.8, 4) is 0 Å². The van der Waals surface area contributed by atoms with Gasteiger partial charge in [0.25, 0.3) is 0 Å². The summed E-state index contributed by atoms with van der Waals surface area (Å²) >= 11 is 0. The summed E-state index contributed by atoms with van der Waals surface area (Å²) in [6, 6.07) is 12.3. The normalized spacial score (nSPS) is 13.6. The van der Waals surface area contributed by atoms with Gasteiger partial charge in [-0.2, -0.15) is 0 Å². The number of hydrogen-bond donors (Lipinski definition) is 2. The van der Waals surface area contributed by atoms with E-state index in [4.69, 9.17) is 0 Å². The van der Waals surface area contributed by atoms with Gasteiger partial charge < -0.3 is 10.6 Å². The highest BCUT2D eigenvalue weighted by molar-refractivity contribution is 5.66. The first-order valence-corrected chi connectivity index (χ1v) is 5.97. The monoisotopic (exact) mass is 225 g/mol. The molecule has 2 aromatic rings. The Labute approximate surface area is 101 Å². The molecule has 3 nitrogen and oxygen atoms in total. The summed E-state index contributed by atoms with van der Waals surface area (Å²) in [5, 5.41) is 6.73. The van der Waals surface area contributed by atoms with Crippen LogP contribution in [0.3, 0.4) is 0 Å². The number of fused-ring (bicyclic) bond motifs is 1. The standard InChI is InChI=1S/C14H15N3/c1-2-8-16-14(5-1)17-12-7-6-11-4-3-9-15-13(11)10-12/h1-2,5-8,10,15H,3-4,9H2,(H,16,17). The van der Waals surface area contributed by atoms with E-state index >= 15 is 0 Å². The minimum Gasteiger partial charge on any atom is -0.385 e. The highest BCUT2D eigenvalue weighted by Crippen LogP contribution is 2.26. The van der Waals surface area contributed by atoms with Gasteiger partial charge in [-0.1, -0.05) is 12.1 Å². The fraction of sp³-hybridized carbons (Fsp3) is 0.214. The third-order valence-electron chi connectivity index (χ3n) is 2.99. The number of aryl methyl sites for hydroxylation is 1. The molecule has 0 spiro atoms. The van der Waals surface area contributed by atoms with Gasteiger partial charge in [-0.05, 0) is 42.7 Å². The molecule has 0 fully saturated rings. The molecule has 0 aliphatic carbocycles. The molecule has 3 rings (SSSR count). The van der Waals surface area contributed by atoms with Crippen molar-refractivity contribution in [2.24, 2.45) is 0 Å². The number of anilines is 3. The third-order valence-corrected chi connectivity index (χ3v) is 2.99. The number of aromatic nitrogens is 1. The average molecular weight is 225 g/mol. The smallest absolute Gasteiger partial charge is 0.130 e. The first-order valence-electron chi connectivity index (χ1n) is 5.97. The van der Waals surface area contributed by atoms with Crippen LogP contribution in [0, 0.1) is 0 Å². The molecule has 0 saturated heterocycles. The first-order chi connectivity index (χ1) is 8.42. The van der Waals surface area contributed by atoms with Crippen molar-refractivity contribution < 1.29 is 0 Å². The lowest BCUT2D eigenvalue weighted by Gasteiger charge is -2.19. The molecule has 0 unspecified atom stereocenters. The SMILES string of the molecule is c1ccc(Nc2ccc3c(c2)NCCC3)nc1. The molecule has 1 aromatic heterocycles. The van der Waals surface area contributed by atoms with Crippen LogP contribution in [-0.4, -0.2) is 11.5 Å². The topological polar surface area (TPSA) is 37.0 Å². The third kappa shape index (κ3) is 2.23. The first kappa shape index (κ1) is 10.1. The lowest BCUT2D eigenvalue weighted by atomic mass is 10.0. The second-order valence-electron chi connectivity index (χ2n) is 4.24. The number of nitrogens with one attached hydrogen (secondary N) is 2. The van der Waals surface area contributed by atoms with Gasteiger partial charge in [-0.3, -0.25) is 0 Å². The molecule has 2 heterocycles. The average Bonchev–Trinajstić information content (AvgIpc) is 2.40. The number of rotatable bonds is 2. The van der Waals surface area contributed by atoms with Crippen LogP contribution in [0.2, 0.25) is 0 Å². The molecule has 3 heteroatoms. The van der Waals surface area contributed by atoms with Gasteiger partial charge in [0.05, 0.1) is 0 Å². The summed E-state index contributed by atoms with van der Waals surface area (Å²) in [6.07, 6.45) is 4.19. The maximum absolute atomic E-state index is 4.25. The maximum Gasteiger partial charge on any atom is 0.130 e. The second kappa shape index (κ2) is 4.45. The second-order valence-corrected chi connectivity index (χ2v) is 4.24. The molecule has 0 saturated carbocycles. The predicted molar refractivity (Wildman–Crippen MR) is 70.8 cm³/mol. The largest absolute Gasteiger partial charge is 0.385 e. The summed E-state index contributed by atoms with van der Waals surface area (Å²) in [4.78, 5) is 4.25. The van der Waals surface area contributed by atoms with E-state index in [1.54, 1.807) is 6.20 Å². The zero-order valence-electron chi connectivity index (χ0n) is 9.61. The van der Waals surface area contributed by atoms with E-state index < -0.39 is 0 Å². The molecule has 86 valence electrons. The van der Waals surface area contributed by atoms with Crippen LogP contribution >= 0.6 is 0 Å². The van der Waals surface area contributed by atoms with Gasteiger partial charge in [0.15, 0.2) is 0 Å². The Morgan fingerprint density at radius 1 is 1.18 bits per heavy atom. The fourth-order valence-corrected chi connectivity index (χ4v) is 2.12. The molecule has 1 aromatic carbocycles. The van der Waals surface area contributed by atoms with Crippen LogP contribution in [0.4, 0.5) is 17.2 Å². The van der Waals surface area contributed by atoms with Crippen LogP contribution in [0.5, 0.6) is 0 Å². The van der Waals surface area contributed by atoms with E-state index in [2.05, 4.69) is 33.8 Å². The Bertz CT molecular complexity index is 508. The van der Waals surface area contributed by atoms with Crippen molar-refractivity contribution in [1.82, 2.24) is 4.98 Å². The van der Waals surface area contributed by atoms with Crippen molar-refractivity contribution >= 4 is 17.2 Å². The van der Waals surface area contributed by atoms with E-state index in [1.165, 1.54) is 24.1 Å². The van der Waals surface area contributed by atoms with Crippen molar-refractivity contribution in [2.45, 2.75) is 12.8 Å². The molecule has 0 amide bonds. The van der Waals surface area contributed by atoms with E-state index in [0.717, 1.165) is 18.1 Å². The lowest BCUT2D eigenvalue weighted by molar-refractivity contribution is 0.830. The highest BCUT2D eigenvalue weighted by atomic mass is 15.0. The van der Waals surface area contributed by atoms with Crippen molar-refractivity contribution in [3.63, 3.8) is 0 Å². The van der Waals surface area contributed by atoms with Crippen LogP contribution in [-0.2, 0) is 6.42 Å². The molecule has 2 N–H and O–H groups in total. The fourth-order valence-electron chi connectivity index (χ4n) is 2.12. The summed E-state index contributed by atoms with van der Waals surface area (Å²) in [7, 11) is 0. The Morgan fingerprint density at radius 2 is 2.18 bits per heavy atom. The zero-order valence-corrected chi connectivity index (χ0v) is 9.61. The number of hydrogen-bond acceptors (Lipinski definition) is 3. The highest BCUT2D eigenvalue weighted by Gasteiger charge is 2.08. The van der Waals surface area contributed by atoms with Crippen LogP contribution in [0.15, 0.2) is 42.6 Å². The van der Waals surface area contributed by atoms with Gasteiger partial charge in [-0.15, -0.1) is 0 Å². The molecule has 1 aliphatic rings. The van der Waals surface area contributed by atoms with Gasteiger partial charge in [-0.25, -0.2) is 4.98 Å². The molecule has 17 heavy (non-hydrogen) atoms. The van der Waals surface area contributed by atoms with Gasteiger partial charge >= 0.3 is 0 Å². The Kier molecular flexibility index (Phi) is 2.66. The van der Waals surface area contributed by atoms with Crippen molar-refractivity contribution in [3.05, 3.63) is 48.2 Å². The number of nitrogens with zero attached hydrogens (tertiary/aromatic N) is 1. The van der Waals surface area contributed by atoms with Crippen LogP contribution in [0.1, 0.15) is 12.0 Å². The summed E-state index contributed by atoms with van der Waals surface area (Å²) in [6.45, 7) is 1.07. The van der Waals surface area contributed by atoms with Crippen LogP contribution < -0.4 is 10.6 Å². The van der Waals surface area contributed by atoms with Crippen molar-refractivity contribution in [1.29, 1.82) is 0 Å². The summed E-state index contributed by atoms with van der Waals surface area (Å²) < 4.78 is 0. The molecule has 0 atom stereocenters. The summed E-state index contributed by atoms with van der Waals surface area (Å²) in [5.74, 6) is 0.878. The Morgan fingerprint density at radius 3 is 3.06 bits per heavy atom. The Hall–Kier alpha value is -2.03. The Balaban J connectivity index is 1.84. The number of benzene rings is 1. The molecule has 1 aliphatic heterocycles. The molecular formula is C14H15N3. The quantitative estimate of drug-likeness (QED) is 0.824. The van der Waals surface area contributed by atoms with Gasteiger partial charge in [0.2, 0.25) is 0 Å². The maximum atomic E-state index is 4.25. The van der Waals surface area contributed by atoms with E-state index in [0.29, 0.717) is 0 Å². The minimum absolute atomic E-state index is 0.878. The van der Waals surface area contributed by atoms with E-state index in [1.807, 2.05) is 18.2 Å². The molecular weight excluding hydrogens is 210 g/mol. The predicted octanol–water partition coefficient (Wildman–Crippen LogP) is 3.18. The van der Waals surface area contributed by atoms with E-state index in [-0.39, 0.29) is 0 Å². The zero-order chi connectivity index (χ0) is 11.5.